The van der Waals surface area contributed by atoms with E-state index in [-0.39, 0.29) is 5.92 Å². The summed E-state index contributed by atoms with van der Waals surface area (Å²) in [7, 11) is 0. The summed E-state index contributed by atoms with van der Waals surface area (Å²) in [5, 5.41) is 19.6. The molecule has 7 nitrogen and oxygen atoms in total. The van der Waals surface area contributed by atoms with Crippen LogP contribution in [0.1, 0.15) is 23.1 Å². The van der Waals surface area contributed by atoms with Gasteiger partial charge in [-0.3, -0.25) is 10.3 Å². The summed E-state index contributed by atoms with van der Waals surface area (Å²) in [5.41, 5.74) is 3.13. The maximum Gasteiger partial charge on any atom is 0.409 e. The average Bonchev–Trinajstić information content (AvgIpc) is 3.24. The van der Waals surface area contributed by atoms with Gasteiger partial charge in [-0.15, -0.1) is 10.2 Å². The van der Waals surface area contributed by atoms with Gasteiger partial charge in [0.05, 0.1) is 11.6 Å². The van der Waals surface area contributed by atoms with E-state index in [1.165, 1.54) is 0 Å². The van der Waals surface area contributed by atoms with E-state index < -0.39 is 6.09 Å². The molecule has 30 heavy (non-hydrogen) atoms. The zero-order valence-electron chi connectivity index (χ0n) is 15.7. The summed E-state index contributed by atoms with van der Waals surface area (Å²) in [4.78, 5) is 15.3. The second-order valence-corrected chi connectivity index (χ2v) is 7.51. The first kappa shape index (κ1) is 19.8. The molecule has 4 rings (SSSR count). The molecule has 8 heteroatoms. The van der Waals surface area contributed by atoms with Crippen LogP contribution in [0.15, 0.2) is 81.8 Å². The fraction of sp³-hybridized carbons (Fsp3) is 0.0909. The lowest BCUT2D eigenvalue weighted by Gasteiger charge is -2.13. The van der Waals surface area contributed by atoms with Gasteiger partial charge >= 0.3 is 6.09 Å². The number of rotatable bonds is 6. The molecule has 0 radical (unpaired) electrons. The Kier molecular flexibility index (Phi) is 5.85. The van der Waals surface area contributed by atoms with Crippen LogP contribution in [0.3, 0.4) is 0 Å². The van der Waals surface area contributed by atoms with Gasteiger partial charge in [-0.2, -0.15) is 0 Å². The fourth-order valence-corrected chi connectivity index (χ4v) is 3.31. The third-order valence-corrected chi connectivity index (χ3v) is 4.98. The van der Waals surface area contributed by atoms with Crippen molar-refractivity contribution in [2.75, 3.05) is 5.32 Å². The first-order chi connectivity index (χ1) is 14.6. The zero-order chi connectivity index (χ0) is 20.9. The molecule has 0 saturated carbocycles. The molecule has 0 spiro atoms. The molecule has 150 valence electrons. The molecule has 2 heterocycles. The number of hydrogen-bond acceptors (Lipinski definition) is 5. The Hall–Kier alpha value is -3.52. The maximum absolute atomic E-state index is 10.7. The summed E-state index contributed by atoms with van der Waals surface area (Å²) in [5.74, 6) is 0.633. The highest BCUT2D eigenvalue weighted by Gasteiger charge is 2.23. The van der Waals surface area contributed by atoms with E-state index in [2.05, 4.69) is 48.6 Å². The number of hydrogen-bond donors (Lipinski definition) is 2. The number of anilines is 1. The Morgan fingerprint density at radius 1 is 1.03 bits per heavy atom. The van der Waals surface area contributed by atoms with Crippen molar-refractivity contribution < 1.29 is 14.3 Å². The topological polar surface area (TPSA) is 101 Å². The lowest BCUT2D eigenvalue weighted by Crippen LogP contribution is -2.07. The number of nitrogens with zero attached hydrogens (tertiary/aromatic N) is 3. The van der Waals surface area contributed by atoms with Crippen molar-refractivity contribution in [1.82, 2.24) is 15.2 Å². The van der Waals surface area contributed by atoms with Crippen molar-refractivity contribution in [1.29, 1.82) is 0 Å². The van der Waals surface area contributed by atoms with Crippen LogP contribution in [0.4, 0.5) is 10.5 Å². The van der Waals surface area contributed by atoms with Gasteiger partial charge < -0.3 is 9.52 Å². The molecule has 2 N–H and O–H groups in total. The standard InChI is InChI=1S/C22H17BrN4O3/c23-16-8-11-19(24-13-16)18(12-14-4-2-1-3-5-14)21-27-26-20(30-21)15-6-9-17(10-7-15)25-22(28)29/h1-11,13,18,25H,12H2,(H,28,29). The van der Waals surface area contributed by atoms with Crippen LogP contribution >= 0.6 is 15.9 Å². The van der Waals surface area contributed by atoms with Crippen LogP contribution in [0.25, 0.3) is 11.5 Å². The minimum Gasteiger partial charge on any atom is -0.465 e. The van der Waals surface area contributed by atoms with E-state index in [4.69, 9.17) is 9.52 Å². The highest BCUT2D eigenvalue weighted by atomic mass is 79.9. The van der Waals surface area contributed by atoms with Gasteiger partial charge in [-0.25, -0.2) is 4.79 Å². The van der Waals surface area contributed by atoms with Crippen LogP contribution in [0, 0.1) is 0 Å². The van der Waals surface area contributed by atoms with Gasteiger partial charge in [0.1, 0.15) is 0 Å². The second-order valence-electron chi connectivity index (χ2n) is 6.60. The van der Waals surface area contributed by atoms with Crippen molar-refractivity contribution >= 4 is 27.7 Å². The van der Waals surface area contributed by atoms with Crippen LogP contribution in [0.2, 0.25) is 0 Å². The molecule has 0 aliphatic rings. The molecule has 2 aromatic heterocycles. The third kappa shape index (κ3) is 4.72. The highest BCUT2D eigenvalue weighted by Crippen LogP contribution is 2.30. The quantitative estimate of drug-likeness (QED) is 0.398. The summed E-state index contributed by atoms with van der Waals surface area (Å²) in [6, 6.07) is 20.7. The Labute approximate surface area is 180 Å². The first-order valence-corrected chi connectivity index (χ1v) is 9.97. The van der Waals surface area contributed by atoms with Gasteiger partial charge in [-0.05, 0) is 64.3 Å². The molecule has 0 fully saturated rings. The maximum atomic E-state index is 10.7. The number of carboxylic acid groups (broad SMARTS) is 1. The van der Waals surface area contributed by atoms with Crippen LogP contribution in [-0.4, -0.2) is 26.4 Å². The predicted molar refractivity (Wildman–Crippen MR) is 115 cm³/mol. The van der Waals surface area contributed by atoms with E-state index in [1.807, 2.05) is 30.3 Å². The zero-order valence-corrected chi connectivity index (χ0v) is 17.3. The number of benzene rings is 2. The van der Waals surface area contributed by atoms with Crippen LogP contribution < -0.4 is 5.32 Å². The number of pyridine rings is 1. The lowest BCUT2D eigenvalue weighted by molar-refractivity contribution is 0.210. The number of halogens is 1. The predicted octanol–water partition coefficient (Wildman–Crippen LogP) is 5.36. The van der Waals surface area contributed by atoms with Gasteiger partial charge in [0.25, 0.3) is 0 Å². The van der Waals surface area contributed by atoms with Gasteiger partial charge in [0.15, 0.2) is 0 Å². The molecule has 0 saturated heterocycles. The van der Waals surface area contributed by atoms with E-state index >= 15 is 0 Å². The second kappa shape index (κ2) is 8.87. The smallest absolute Gasteiger partial charge is 0.409 e. The van der Waals surface area contributed by atoms with Crippen molar-refractivity contribution in [3.8, 4) is 11.5 Å². The van der Waals surface area contributed by atoms with E-state index in [0.717, 1.165) is 15.7 Å². The highest BCUT2D eigenvalue weighted by molar-refractivity contribution is 9.10. The molecule has 0 aliphatic heterocycles. The molecule has 0 bridgehead atoms. The Bertz CT molecular complexity index is 1130. The number of aromatic nitrogens is 3. The summed E-state index contributed by atoms with van der Waals surface area (Å²) in [6.45, 7) is 0. The van der Waals surface area contributed by atoms with Gasteiger partial charge in [0, 0.05) is 21.9 Å². The third-order valence-electron chi connectivity index (χ3n) is 4.51. The Morgan fingerprint density at radius 3 is 2.47 bits per heavy atom. The van der Waals surface area contributed by atoms with Crippen molar-refractivity contribution in [2.45, 2.75) is 12.3 Å². The van der Waals surface area contributed by atoms with Crippen molar-refractivity contribution in [2.24, 2.45) is 0 Å². The molecule has 1 atom stereocenters. The monoisotopic (exact) mass is 464 g/mol. The molecule has 0 aliphatic carbocycles. The Morgan fingerprint density at radius 2 is 1.80 bits per heavy atom. The Balaban J connectivity index is 1.64. The SMILES string of the molecule is O=C(O)Nc1ccc(-c2nnc(C(Cc3ccccc3)c3ccc(Br)cn3)o2)cc1. The minimum atomic E-state index is -1.12. The molecule has 4 aromatic rings. The largest absolute Gasteiger partial charge is 0.465 e. The molecular weight excluding hydrogens is 448 g/mol. The fourth-order valence-electron chi connectivity index (χ4n) is 3.07. The summed E-state index contributed by atoms with van der Waals surface area (Å²) >= 11 is 3.42. The van der Waals surface area contributed by atoms with E-state index in [0.29, 0.717) is 29.5 Å². The number of nitrogens with one attached hydrogen (secondary N) is 1. The molecule has 1 amide bonds. The molecule has 2 aromatic carbocycles. The molecule has 1 unspecified atom stereocenters. The summed E-state index contributed by atoms with van der Waals surface area (Å²) in [6.07, 6.45) is 1.30. The number of amides is 1. The minimum absolute atomic E-state index is 0.199. The van der Waals surface area contributed by atoms with E-state index in [1.54, 1.807) is 30.5 Å². The normalized spacial score (nSPS) is 11.8. The van der Waals surface area contributed by atoms with Crippen molar-refractivity contribution in [3.63, 3.8) is 0 Å². The van der Waals surface area contributed by atoms with Crippen LogP contribution in [-0.2, 0) is 6.42 Å². The van der Waals surface area contributed by atoms with Gasteiger partial charge in [-0.1, -0.05) is 30.3 Å². The van der Waals surface area contributed by atoms with Gasteiger partial charge in [0.2, 0.25) is 11.8 Å². The van der Waals surface area contributed by atoms with Crippen LogP contribution in [0.5, 0.6) is 0 Å². The van der Waals surface area contributed by atoms with E-state index in [9.17, 15) is 4.79 Å². The summed E-state index contributed by atoms with van der Waals surface area (Å²) < 4.78 is 6.89. The average molecular weight is 465 g/mol. The van der Waals surface area contributed by atoms with Crippen molar-refractivity contribution in [3.05, 3.63) is 94.5 Å². The number of carbonyl (C=O) groups is 1. The molecular formula is C22H17BrN4O3. The lowest BCUT2D eigenvalue weighted by atomic mass is 9.95. The first-order valence-electron chi connectivity index (χ1n) is 9.17.